The standard InChI is InChI=1S/C15H19ClN2O2S/c1-15(2,3)13-8-17-14(21)18(13)10-6-9(16)11(19-4)7-12(10)20-5/h6-8H,1-5H3,(H,17,21). The highest BCUT2D eigenvalue weighted by Crippen LogP contribution is 2.37. The predicted molar refractivity (Wildman–Crippen MR) is 87.8 cm³/mol. The van der Waals surface area contributed by atoms with Crippen LogP contribution in [-0.4, -0.2) is 23.8 Å². The normalized spacial score (nSPS) is 11.5. The molecule has 1 N–H and O–H groups in total. The van der Waals surface area contributed by atoms with Gasteiger partial charge >= 0.3 is 0 Å². The van der Waals surface area contributed by atoms with Crippen LogP contribution in [0.25, 0.3) is 5.69 Å². The van der Waals surface area contributed by atoms with Crippen molar-refractivity contribution in [3.63, 3.8) is 0 Å². The van der Waals surface area contributed by atoms with Crippen molar-refractivity contribution in [1.29, 1.82) is 0 Å². The first-order valence-electron chi connectivity index (χ1n) is 6.52. The van der Waals surface area contributed by atoms with Crippen LogP contribution in [-0.2, 0) is 5.41 Å². The van der Waals surface area contributed by atoms with Gasteiger partial charge in [-0.05, 0) is 18.3 Å². The number of nitrogens with one attached hydrogen (secondary N) is 1. The Morgan fingerprint density at radius 1 is 1.14 bits per heavy atom. The number of H-pyrrole nitrogens is 1. The van der Waals surface area contributed by atoms with E-state index in [-0.39, 0.29) is 5.41 Å². The molecular weight excluding hydrogens is 308 g/mol. The molecule has 0 unspecified atom stereocenters. The third kappa shape index (κ3) is 2.94. The van der Waals surface area contributed by atoms with Crippen LogP contribution in [0.2, 0.25) is 5.02 Å². The fraction of sp³-hybridized carbons (Fsp3) is 0.400. The van der Waals surface area contributed by atoms with E-state index in [1.807, 2.05) is 10.8 Å². The maximum absolute atomic E-state index is 6.26. The van der Waals surface area contributed by atoms with E-state index in [0.29, 0.717) is 21.3 Å². The zero-order valence-electron chi connectivity index (χ0n) is 12.8. The number of hydrogen-bond donors (Lipinski definition) is 1. The van der Waals surface area contributed by atoms with Crippen molar-refractivity contribution in [2.24, 2.45) is 0 Å². The number of hydrogen-bond acceptors (Lipinski definition) is 3. The van der Waals surface area contributed by atoms with Crippen molar-refractivity contribution in [3.8, 4) is 17.2 Å². The summed E-state index contributed by atoms with van der Waals surface area (Å²) in [5.41, 5.74) is 1.76. The molecule has 2 rings (SSSR count). The highest BCUT2D eigenvalue weighted by molar-refractivity contribution is 7.71. The van der Waals surface area contributed by atoms with Gasteiger partial charge in [-0.1, -0.05) is 32.4 Å². The number of rotatable bonds is 3. The molecule has 0 aliphatic carbocycles. The number of halogens is 1. The van der Waals surface area contributed by atoms with Gasteiger partial charge in [0.25, 0.3) is 0 Å². The van der Waals surface area contributed by atoms with E-state index in [1.54, 1.807) is 26.4 Å². The van der Waals surface area contributed by atoms with Crippen LogP contribution in [0.4, 0.5) is 0 Å². The smallest absolute Gasteiger partial charge is 0.182 e. The van der Waals surface area contributed by atoms with E-state index in [2.05, 4.69) is 25.8 Å². The Balaban J connectivity index is 2.76. The summed E-state index contributed by atoms with van der Waals surface area (Å²) in [4.78, 5) is 3.09. The maximum Gasteiger partial charge on any atom is 0.182 e. The molecule has 0 aliphatic rings. The Bertz CT molecular complexity index is 713. The second-order valence-corrected chi connectivity index (χ2v) is 6.52. The summed E-state index contributed by atoms with van der Waals surface area (Å²) >= 11 is 11.7. The summed E-state index contributed by atoms with van der Waals surface area (Å²) < 4.78 is 13.2. The summed E-state index contributed by atoms with van der Waals surface area (Å²) in [5.74, 6) is 1.22. The molecule has 0 saturated heterocycles. The Kier molecular flexibility index (Phi) is 4.35. The second kappa shape index (κ2) is 5.73. The van der Waals surface area contributed by atoms with E-state index in [9.17, 15) is 0 Å². The molecule has 0 radical (unpaired) electrons. The fourth-order valence-corrected chi connectivity index (χ4v) is 2.67. The highest BCUT2D eigenvalue weighted by Gasteiger charge is 2.22. The van der Waals surface area contributed by atoms with Gasteiger partial charge in [-0.15, -0.1) is 0 Å². The van der Waals surface area contributed by atoms with E-state index in [0.717, 1.165) is 11.4 Å². The Labute approximate surface area is 134 Å². The van der Waals surface area contributed by atoms with Crippen LogP contribution in [0.15, 0.2) is 18.3 Å². The highest BCUT2D eigenvalue weighted by atomic mass is 35.5. The summed E-state index contributed by atoms with van der Waals surface area (Å²) in [6.07, 6.45) is 1.92. The first-order valence-corrected chi connectivity index (χ1v) is 7.31. The average molecular weight is 327 g/mol. The molecule has 2 aromatic rings. The molecule has 1 aromatic carbocycles. The molecule has 4 nitrogen and oxygen atoms in total. The number of aromatic nitrogens is 2. The average Bonchev–Trinajstić information content (AvgIpc) is 2.80. The van der Waals surface area contributed by atoms with Gasteiger partial charge in [-0.25, -0.2) is 0 Å². The van der Waals surface area contributed by atoms with Gasteiger partial charge in [-0.3, -0.25) is 4.57 Å². The summed E-state index contributed by atoms with van der Waals surface area (Å²) in [6, 6.07) is 3.57. The van der Waals surface area contributed by atoms with Crippen LogP contribution >= 0.6 is 23.8 Å². The number of benzene rings is 1. The van der Waals surface area contributed by atoms with Crippen molar-refractivity contribution in [2.75, 3.05) is 14.2 Å². The van der Waals surface area contributed by atoms with Gasteiger partial charge in [0.1, 0.15) is 11.5 Å². The van der Waals surface area contributed by atoms with Crippen molar-refractivity contribution in [2.45, 2.75) is 26.2 Å². The number of imidazole rings is 1. The topological polar surface area (TPSA) is 39.2 Å². The molecule has 21 heavy (non-hydrogen) atoms. The van der Waals surface area contributed by atoms with Gasteiger partial charge in [-0.2, -0.15) is 0 Å². The summed E-state index contributed by atoms with van der Waals surface area (Å²) in [5, 5.41) is 0.510. The first kappa shape index (κ1) is 15.9. The molecule has 0 atom stereocenters. The van der Waals surface area contributed by atoms with Gasteiger partial charge < -0.3 is 14.5 Å². The summed E-state index contributed by atoms with van der Waals surface area (Å²) in [6.45, 7) is 6.37. The lowest BCUT2D eigenvalue weighted by Crippen LogP contribution is -2.17. The second-order valence-electron chi connectivity index (χ2n) is 5.72. The zero-order valence-corrected chi connectivity index (χ0v) is 14.4. The molecule has 0 saturated carbocycles. The molecule has 0 bridgehead atoms. The monoisotopic (exact) mass is 326 g/mol. The minimum Gasteiger partial charge on any atom is -0.495 e. The first-order chi connectivity index (χ1) is 9.79. The fourth-order valence-electron chi connectivity index (χ4n) is 2.18. The molecule has 0 fully saturated rings. The number of ether oxygens (including phenoxy) is 2. The Morgan fingerprint density at radius 2 is 1.76 bits per heavy atom. The number of aromatic amines is 1. The lowest BCUT2D eigenvalue weighted by atomic mass is 9.92. The predicted octanol–water partition coefficient (Wildman–Crippen LogP) is 4.50. The quantitative estimate of drug-likeness (QED) is 0.844. The molecule has 1 aromatic heterocycles. The van der Waals surface area contributed by atoms with Gasteiger partial charge in [0, 0.05) is 23.4 Å². The Hall–Kier alpha value is -1.46. The van der Waals surface area contributed by atoms with Gasteiger partial charge in [0.15, 0.2) is 4.77 Å². The number of methoxy groups -OCH3 is 2. The minimum atomic E-state index is -0.0784. The lowest BCUT2D eigenvalue weighted by Gasteiger charge is -2.22. The molecule has 6 heteroatoms. The van der Waals surface area contributed by atoms with E-state index in [1.165, 1.54) is 0 Å². The van der Waals surface area contributed by atoms with Crippen LogP contribution in [0, 0.1) is 4.77 Å². The third-order valence-electron chi connectivity index (χ3n) is 3.24. The van der Waals surface area contributed by atoms with Crippen molar-refractivity contribution < 1.29 is 9.47 Å². The molecule has 1 heterocycles. The maximum atomic E-state index is 6.26. The molecule has 114 valence electrons. The SMILES string of the molecule is COc1cc(OC)c(-n2c(C(C)(C)C)c[nH]c2=S)cc1Cl. The van der Waals surface area contributed by atoms with Crippen molar-refractivity contribution in [3.05, 3.63) is 33.8 Å². The van der Waals surface area contributed by atoms with Crippen LogP contribution in [0.1, 0.15) is 26.5 Å². The molecule has 0 amide bonds. The van der Waals surface area contributed by atoms with Gasteiger partial charge in [0.05, 0.1) is 24.9 Å². The van der Waals surface area contributed by atoms with Crippen molar-refractivity contribution >= 4 is 23.8 Å². The largest absolute Gasteiger partial charge is 0.495 e. The molecule has 0 spiro atoms. The van der Waals surface area contributed by atoms with Crippen LogP contribution in [0.5, 0.6) is 11.5 Å². The zero-order chi connectivity index (χ0) is 15.8. The lowest BCUT2D eigenvalue weighted by molar-refractivity contribution is 0.392. The minimum absolute atomic E-state index is 0.0784. The molecule has 0 aliphatic heterocycles. The molecular formula is C15H19ClN2O2S. The van der Waals surface area contributed by atoms with Crippen LogP contribution in [0.3, 0.4) is 0 Å². The summed E-state index contributed by atoms with van der Waals surface area (Å²) in [7, 11) is 3.18. The Morgan fingerprint density at radius 3 is 2.29 bits per heavy atom. The van der Waals surface area contributed by atoms with Gasteiger partial charge in [0.2, 0.25) is 0 Å². The van der Waals surface area contributed by atoms with E-state index in [4.69, 9.17) is 33.3 Å². The number of nitrogens with zero attached hydrogens (tertiary/aromatic N) is 1. The van der Waals surface area contributed by atoms with E-state index >= 15 is 0 Å². The van der Waals surface area contributed by atoms with E-state index < -0.39 is 0 Å². The van der Waals surface area contributed by atoms with Crippen LogP contribution < -0.4 is 9.47 Å². The van der Waals surface area contributed by atoms with Crippen molar-refractivity contribution in [1.82, 2.24) is 9.55 Å². The third-order valence-corrected chi connectivity index (χ3v) is 3.83.